The van der Waals surface area contributed by atoms with Crippen molar-refractivity contribution in [3.05, 3.63) is 42.5 Å². The van der Waals surface area contributed by atoms with Crippen LogP contribution >= 0.6 is 22.6 Å². The van der Waals surface area contributed by atoms with Gasteiger partial charge in [-0.05, 0) is 12.1 Å². The molecule has 1 aromatic carbocycles. The zero-order valence-electron chi connectivity index (χ0n) is 8.58. The number of rotatable bonds is 5. The van der Waals surface area contributed by atoms with Crippen molar-refractivity contribution in [2.24, 2.45) is 0 Å². The van der Waals surface area contributed by atoms with Gasteiger partial charge >= 0.3 is 0 Å². The van der Waals surface area contributed by atoms with Crippen molar-refractivity contribution in [3.8, 4) is 0 Å². The SMILES string of the molecule is O=S(=O)(C/C=C/C(O)CI)c1ccccc1. The second-order valence-electron chi connectivity index (χ2n) is 3.24. The maximum atomic E-state index is 11.8. The second kappa shape index (κ2) is 6.36. The Balaban J connectivity index is 2.71. The summed E-state index contributed by atoms with van der Waals surface area (Å²) in [5.74, 6) is -0.0787. The largest absolute Gasteiger partial charge is 0.388 e. The molecule has 0 heterocycles. The van der Waals surface area contributed by atoms with Gasteiger partial charge in [0.25, 0.3) is 0 Å². The lowest BCUT2D eigenvalue weighted by atomic mass is 10.4. The number of benzene rings is 1. The molecular formula is C11H13IO3S. The molecule has 0 bridgehead atoms. The van der Waals surface area contributed by atoms with Gasteiger partial charge in [0.2, 0.25) is 0 Å². The lowest BCUT2D eigenvalue weighted by Gasteiger charge is -2.01. The van der Waals surface area contributed by atoms with Gasteiger partial charge in [0.15, 0.2) is 9.84 Å². The smallest absolute Gasteiger partial charge is 0.181 e. The van der Waals surface area contributed by atoms with Crippen LogP contribution in [0.15, 0.2) is 47.4 Å². The van der Waals surface area contributed by atoms with E-state index in [1.165, 1.54) is 12.2 Å². The molecule has 1 aromatic rings. The minimum Gasteiger partial charge on any atom is -0.388 e. The van der Waals surface area contributed by atoms with Crippen LogP contribution < -0.4 is 0 Å². The van der Waals surface area contributed by atoms with Crippen LogP contribution in [0, 0.1) is 0 Å². The lowest BCUT2D eigenvalue weighted by molar-refractivity contribution is 0.251. The van der Waals surface area contributed by atoms with Gasteiger partial charge in [-0.15, -0.1) is 0 Å². The first-order chi connectivity index (χ1) is 7.56. The molecule has 1 rings (SSSR count). The Morgan fingerprint density at radius 3 is 2.50 bits per heavy atom. The van der Waals surface area contributed by atoms with E-state index in [2.05, 4.69) is 0 Å². The van der Waals surface area contributed by atoms with Gasteiger partial charge in [0.05, 0.1) is 16.8 Å². The highest BCUT2D eigenvalue weighted by molar-refractivity contribution is 14.1. The number of halogens is 1. The monoisotopic (exact) mass is 352 g/mol. The van der Waals surface area contributed by atoms with E-state index in [1.807, 2.05) is 22.6 Å². The molecule has 3 nitrogen and oxygen atoms in total. The number of hydrogen-bond acceptors (Lipinski definition) is 3. The van der Waals surface area contributed by atoms with Gasteiger partial charge in [-0.2, -0.15) is 0 Å². The number of aliphatic hydroxyl groups is 1. The maximum absolute atomic E-state index is 11.8. The molecule has 0 radical (unpaired) electrons. The van der Waals surface area contributed by atoms with E-state index in [1.54, 1.807) is 30.3 Å². The summed E-state index contributed by atoms with van der Waals surface area (Å²) in [6.45, 7) is 0. The minimum atomic E-state index is -3.26. The molecule has 88 valence electrons. The van der Waals surface area contributed by atoms with E-state index in [4.69, 9.17) is 0 Å². The molecule has 5 heteroatoms. The number of alkyl halides is 1. The molecule has 0 saturated carbocycles. The fourth-order valence-corrected chi connectivity index (χ4v) is 2.54. The predicted molar refractivity (Wildman–Crippen MR) is 72.5 cm³/mol. The highest BCUT2D eigenvalue weighted by atomic mass is 127. The van der Waals surface area contributed by atoms with Crippen LogP contribution in [0.1, 0.15) is 0 Å². The third-order valence-electron chi connectivity index (χ3n) is 1.93. The van der Waals surface area contributed by atoms with Crippen molar-refractivity contribution in [1.82, 2.24) is 0 Å². The van der Waals surface area contributed by atoms with Crippen LogP contribution in [0.4, 0.5) is 0 Å². The normalized spacial score (nSPS) is 14.1. The fourth-order valence-electron chi connectivity index (χ4n) is 1.11. The molecule has 0 aromatic heterocycles. The summed E-state index contributed by atoms with van der Waals surface area (Å²) >= 11 is 2.03. The van der Waals surface area contributed by atoms with Gasteiger partial charge in [-0.3, -0.25) is 0 Å². The minimum absolute atomic E-state index is 0.0787. The molecule has 1 N–H and O–H groups in total. The topological polar surface area (TPSA) is 54.4 Å². The third-order valence-corrected chi connectivity index (χ3v) is 4.46. The lowest BCUT2D eigenvalue weighted by Crippen LogP contribution is -2.07. The third kappa shape index (κ3) is 4.23. The number of hydrogen-bond donors (Lipinski definition) is 1. The molecular weight excluding hydrogens is 339 g/mol. The Kier molecular flexibility index (Phi) is 5.43. The Labute approximate surface area is 109 Å². The Bertz CT molecular complexity index is 440. The van der Waals surface area contributed by atoms with E-state index in [-0.39, 0.29) is 5.75 Å². The van der Waals surface area contributed by atoms with Crippen molar-refractivity contribution in [2.45, 2.75) is 11.0 Å². The first-order valence-electron chi connectivity index (χ1n) is 4.75. The Morgan fingerprint density at radius 1 is 1.31 bits per heavy atom. The molecule has 1 atom stereocenters. The molecule has 0 aliphatic rings. The Morgan fingerprint density at radius 2 is 1.94 bits per heavy atom. The van der Waals surface area contributed by atoms with Crippen LogP contribution in [0.5, 0.6) is 0 Å². The average Bonchev–Trinajstić information content (AvgIpc) is 2.30. The summed E-state index contributed by atoms with van der Waals surface area (Å²) in [6.07, 6.45) is 2.42. The van der Waals surface area contributed by atoms with Crippen LogP contribution in [0.25, 0.3) is 0 Å². The second-order valence-corrected chi connectivity index (χ2v) is 6.16. The molecule has 16 heavy (non-hydrogen) atoms. The number of sulfone groups is 1. The Hall–Kier alpha value is -0.400. The van der Waals surface area contributed by atoms with Crippen LogP contribution in [0.3, 0.4) is 0 Å². The van der Waals surface area contributed by atoms with E-state index in [0.717, 1.165) is 0 Å². The van der Waals surface area contributed by atoms with Crippen molar-refractivity contribution in [2.75, 3.05) is 10.2 Å². The summed E-state index contributed by atoms with van der Waals surface area (Å²) < 4.78 is 24.1. The van der Waals surface area contributed by atoms with Crippen molar-refractivity contribution in [3.63, 3.8) is 0 Å². The van der Waals surface area contributed by atoms with Gasteiger partial charge in [0.1, 0.15) is 0 Å². The molecule has 0 amide bonds. The quantitative estimate of drug-likeness (QED) is 0.500. The fraction of sp³-hybridized carbons (Fsp3) is 0.273. The molecule has 0 aliphatic heterocycles. The van der Waals surface area contributed by atoms with E-state index >= 15 is 0 Å². The molecule has 0 spiro atoms. The van der Waals surface area contributed by atoms with Gasteiger partial charge < -0.3 is 5.11 Å². The van der Waals surface area contributed by atoms with E-state index < -0.39 is 15.9 Å². The van der Waals surface area contributed by atoms with Gasteiger partial charge in [-0.1, -0.05) is 52.9 Å². The van der Waals surface area contributed by atoms with Gasteiger partial charge in [-0.25, -0.2) is 8.42 Å². The molecule has 0 aliphatic carbocycles. The summed E-state index contributed by atoms with van der Waals surface area (Å²) in [4.78, 5) is 0.309. The summed E-state index contributed by atoms with van der Waals surface area (Å²) in [5, 5.41) is 9.24. The van der Waals surface area contributed by atoms with Crippen LogP contribution in [0.2, 0.25) is 0 Å². The van der Waals surface area contributed by atoms with E-state index in [0.29, 0.717) is 9.32 Å². The predicted octanol–water partition coefficient (Wildman–Crippen LogP) is 1.81. The maximum Gasteiger partial charge on any atom is 0.181 e. The van der Waals surface area contributed by atoms with Crippen LogP contribution in [-0.2, 0) is 9.84 Å². The molecule has 1 unspecified atom stereocenters. The number of aliphatic hydroxyl groups excluding tert-OH is 1. The highest BCUT2D eigenvalue weighted by Gasteiger charge is 2.11. The van der Waals surface area contributed by atoms with Crippen molar-refractivity contribution >= 4 is 32.4 Å². The zero-order chi connectivity index (χ0) is 12.0. The summed E-state index contributed by atoms with van der Waals surface area (Å²) in [5.41, 5.74) is 0. The van der Waals surface area contributed by atoms with Crippen LogP contribution in [-0.4, -0.2) is 29.8 Å². The summed E-state index contributed by atoms with van der Waals surface area (Å²) in [6, 6.07) is 8.29. The van der Waals surface area contributed by atoms with E-state index in [9.17, 15) is 13.5 Å². The standard InChI is InChI=1S/C11H13IO3S/c12-9-10(13)5-4-8-16(14,15)11-6-2-1-3-7-11/h1-7,10,13H,8-9H2/b5-4+. The summed E-state index contributed by atoms with van der Waals surface area (Å²) in [7, 11) is -3.26. The first-order valence-corrected chi connectivity index (χ1v) is 7.92. The highest BCUT2D eigenvalue weighted by Crippen LogP contribution is 2.10. The molecule has 0 saturated heterocycles. The zero-order valence-corrected chi connectivity index (χ0v) is 11.6. The average molecular weight is 352 g/mol. The van der Waals surface area contributed by atoms with Crippen molar-refractivity contribution in [1.29, 1.82) is 0 Å². The first kappa shape index (κ1) is 13.7. The van der Waals surface area contributed by atoms with Gasteiger partial charge in [0, 0.05) is 4.43 Å². The van der Waals surface area contributed by atoms with Crippen molar-refractivity contribution < 1.29 is 13.5 Å². The molecule has 0 fully saturated rings.